The first-order chi connectivity index (χ1) is 14.9. The van der Waals surface area contributed by atoms with Crippen LogP contribution in [0, 0.1) is 5.41 Å². The molecule has 0 aliphatic carbocycles. The minimum atomic E-state index is -3.81. The molecule has 1 aliphatic heterocycles. The minimum absolute atomic E-state index is 0.00889. The molecule has 1 heterocycles. The lowest BCUT2D eigenvalue weighted by atomic mass is 9.87. The Bertz CT molecular complexity index is 733. The highest BCUT2D eigenvalue weighted by Gasteiger charge is 2.48. The Morgan fingerprint density at radius 1 is 1.25 bits per heavy atom. The zero-order chi connectivity index (χ0) is 24.4. The van der Waals surface area contributed by atoms with Crippen LogP contribution >= 0.6 is 19.6 Å². The Morgan fingerprint density at radius 2 is 1.94 bits per heavy atom. The van der Waals surface area contributed by atoms with E-state index in [0.29, 0.717) is 5.75 Å². The van der Waals surface area contributed by atoms with Crippen LogP contribution in [-0.4, -0.2) is 79.4 Å². The second-order valence-electron chi connectivity index (χ2n) is 7.48. The molecule has 14 heteroatoms. The predicted octanol–water partition coefficient (Wildman–Crippen LogP) is 0.945. The highest BCUT2D eigenvalue weighted by atomic mass is 32.2. The molecule has 1 aliphatic rings. The van der Waals surface area contributed by atoms with Crippen LogP contribution in [0.5, 0.6) is 0 Å². The summed E-state index contributed by atoms with van der Waals surface area (Å²) >= 11 is 1.07. The Hall–Kier alpha value is -1.66. The van der Waals surface area contributed by atoms with Crippen molar-refractivity contribution in [1.82, 2.24) is 10.6 Å². The topological polar surface area (TPSA) is 167 Å². The fraction of sp³-hybridized carbons (Fsp3) is 0.778. The van der Waals surface area contributed by atoms with Gasteiger partial charge >= 0.3 is 19.8 Å². The Kier molecular flexibility index (Phi) is 11.7. The highest BCUT2D eigenvalue weighted by molar-refractivity contribution is 8.00. The Balaban J connectivity index is 2.39. The molecule has 0 saturated carbocycles. The number of carbonyl (C=O) groups excluding carboxylic acids is 3. The van der Waals surface area contributed by atoms with E-state index in [2.05, 4.69) is 15.4 Å². The van der Waals surface area contributed by atoms with Crippen LogP contribution < -0.4 is 10.6 Å². The van der Waals surface area contributed by atoms with E-state index in [1.165, 1.54) is 7.11 Å². The highest BCUT2D eigenvalue weighted by Crippen LogP contribution is 2.57. The average Bonchev–Trinajstić information content (AvgIpc) is 2.71. The third-order valence-corrected chi connectivity index (χ3v) is 6.97. The number of rotatable bonds is 13. The zero-order valence-corrected chi connectivity index (χ0v) is 20.3. The van der Waals surface area contributed by atoms with E-state index in [1.54, 1.807) is 20.8 Å². The number of esters is 1. The van der Waals surface area contributed by atoms with Crippen LogP contribution in [0.2, 0.25) is 0 Å². The third-order valence-electron chi connectivity index (χ3n) is 4.28. The summed E-state index contributed by atoms with van der Waals surface area (Å²) in [5.74, 6) is -2.33. The largest absolute Gasteiger partial charge is 0.481 e. The minimum Gasteiger partial charge on any atom is -0.481 e. The number of nitrogens with one attached hydrogen (secondary N) is 2. The van der Waals surface area contributed by atoms with Crippen molar-refractivity contribution in [2.24, 2.45) is 5.41 Å². The van der Waals surface area contributed by atoms with E-state index in [4.69, 9.17) is 18.7 Å². The van der Waals surface area contributed by atoms with Crippen molar-refractivity contribution in [3.05, 3.63) is 0 Å². The van der Waals surface area contributed by atoms with Crippen LogP contribution in [0.1, 0.15) is 33.6 Å². The van der Waals surface area contributed by atoms with Gasteiger partial charge in [0.1, 0.15) is 5.25 Å². The molecule has 0 aromatic carbocycles. The maximum Gasteiger partial charge on any atom is 0.475 e. The van der Waals surface area contributed by atoms with Crippen molar-refractivity contribution in [3.8, 4) is 0 Å². The number of phosphoric acid groups is 1. The molecule has 1 fully saturated rings. The number of aliphatic carboxylic acids is 1. The molecule has 1 saturated heterocycles. The molecule has 1 rings (SSSR count). The molecule has 3 N–H and O–H groups in total. The van der Waals surface area contributed by atoms with Crippen LogP contribution in [-0.2, 0) is 42.1 Å². The number of carboxylic acid groups (broad SMARTS) is 1. The molecule has 0 radical (unpaired) electrons. The normalized spacial score (nSPS) is 23.1. The third kappa shape index (κ3) is 9.45. The first-order valence-electron chi connectivity index (χ1n) is 9.97. The molecule has 32 heavy (non-hydrogen) atoms. The number of hydrogen-bond donors (Lipinski definition) is 3. The van der Waals surface area contributed by atoms with Crippen molar-refractivity contribution < 1.29 is 47.2 Å². The monoisotopic (exact) mass is 498 g/mol. The van der Waals surface area contributed by atoms with E-state index in [-0.39, 0.29) is 45.1 Å². The van der Waals surface area contributed by atoms with E-state index in [0.717, 1.165) is 11.8 Å². The van der Waals surface area contributed by atoms with Crippen molar-refractivity contribution in [2.45, 2.75) is 45.0 Å². The lowest BCUT2D eigenvalue weighted by molar-refractivity contribution is -0.144. The van der Waals surface area contributed by atoms with Gasteiger partial charge in [0, 0.05) is 30.7 Å². The van der Waals surface area contributed by atoms with Crippen LogP contribution in [0.3, 0.4) is 0 Å². The second-order valence-corrected chi connectivity index (χ2v) is 10.4. The van der Waals surface area contributed by atoms with Gasteiger partial charge in [0.25, 0.3) is 0 Å². The average molecular weight is 498 g/mol. The van der Waals surface area contributed by atoms with E-state index in [9.17, 15) is 23.7 Å². The van der Waals surface area contributed by atoms with Gasteiger partial charge in [-0.3, -0.25) is 32.7 Å². The molecule has 184 valence electrons. The molecule has 2 unspecified atom stereocenters. The van der Waals surface area contributed by atoms with Gasteiger partial charge in [-0.15, -0.1) is 11.8 Å². The number of amides is 2. The zero-order valence-electron chi connectivity index (χ0n) is 18.6. The van der Waals surface area contributed by atoms with E-state index in [1.807, 2.05) is 0 Å². The van der Waals surface area contributed by atoms with E-state index >= 15 is 0 Å². The molecular formula is C18H31N2O10PS. The summed E-state index contributed by atoms with van der Waals surface area (Å²) in [5.41, 5.74) is -0.749. The molecule has 2 amide bonds. The van der Waals surface area contributed by atoms with Crippen molar-refractivity contribution in [3.63, 3.8) is 0 Å². The standard InChI is InChI=1S/C18H31N2O10PS/c1-5-28-31(26)29-11-18(2,3)15(30-31)16(24)20-7-6-13(21)19-8-9-32-12(10-14(22)23)17(25)27-4/h12,15H,5-11H2,1-4H3,(H,19,21)(H,20,24)(H,22,23)/t12?,15-,31?/m0/s1. The first-order valence-corrected chi connectivity index (χ1v) is 12.5. The first kappa shape index (κ1) is 28.4. The van der Waals surface area contributed by atoms with Crippen molar-refractivity contribution >= 4 is 43.3 Å². The molecule has 0 spiro atoms. The lowest BCUT2D eigenvalue weighted by Gasteiger charge is -2.39. The fourth-order valence-corrected chi connectivity index (χ4v) is 5.26. The summed E-state index contributed by atoms with van der Waals surface area (Å²) in [6.45, 7) is 5.41. The Morgan fingerprint density at radius 3 is 2.53 bits per heavy atom. The molecule has 3 atom stereocenters. The smallest absolute Gasteiger partial charge is 0.475 e. The lowest BCUT2D eigenvalue weighted by Crippen LogP contribution is -2.50. The SMILES string of the molecule is CCOP1(=O)OCC(C)(C)[C@H](C(=O)NCCC(=O)NCCSC(CC(=O)O)C(=O)OC)O1. The van der Waals surface area contributed by atoms with Gasteiger partial charge in [0.05, 0.1) is 26.7 Å². The number of thioether (sulfide) groups is 1. The van der Waals surface area contributed by atoms with Crippen molar-refractivity contribution in [1.29, 1.82) is 0 Å². The summed E-state index contributed by atoms with van der Waals surface area (Å²) in [5, 5.41) is 13.2. The van der Waals surface area contributed by atoms with Gasteiger partial charge in [-0.1, -0.05) is 13.8 Å². The van der Waals surface area contributed by atoms with Crippen LogP contribution in [0.4, 0.5) is 0 Å². The number of carboxylic acids is 1. The summed E-state index contributed by atoms with van der Waals surface area (Å²) in [7, 11) is -2.64. The quantitative estimate of drug-likeness (QED) is 0.188. The van der Waals surface area contributed by atoms with Crippen LogP contribution in [0.25, 0.3) is 0 Å². The predicted molar refractivity (Wildman–Crippen MR) is 115 cm³/mol. The molecule has 0 aromatic rings. The molecule has 0 bridgehead atoms. The van der Waals surface area contributed by atoms with Crippen molar-refractivity contribution in [2.75, 3.05) is 39.2 Å². The van der Waals surface area contributed by atoms with Gasteiger partial charge in [-0.2, -0.15) is 0 Å². The number of phosphoric ester groups is 1. The number of methoxy groups -OCH3 is 1. The molecule has 12 nitrogen and oxygen atoms in total. The summed E-state index contributed by atoms with van der Waals surface area (Å²) in [6, 6.07) is 0. The van der Waals surface area contributed by atoms with Crippen LogP contribution in [0.15, 0.2) is 0 Å². The summed E-state index contributed by atoms with van der Waals surface area (Å²) in [4.78, 5) is 46.8. The van der Waals surface area contributed by atoms with Gasteiger partial charge < -0.3 is 20.5 Å². The molecule has 0 aromatic heterocycles. The molecular weight excluding hydrogens is 467 g/mol. The summed E-state index contributed by atoms with van der Waals surface area (Å²) in [6.07, 6.45) is -1.46. The number of ether oxygens (including phenoxy) is 1. The second kappa shape index (κ2) is 13.1. The summed E-state index contributed by atoms with van der Waals surface area (Å²) < 4.78 is 32.4. The van der Waals surface area contributed by atoms with E-state index < -0.39 is 42.4 Å². The number of carbonyl (C=O) groups is 4. The Labute approximate surface area is 191 Å². The van der Waals surface area contributed by atoms with Gasteiger partial charge in [-0.05, 0) is 6.92 Å². The van der Waals surface area contributed by atoms with Gasteiger partial charge in [0.15, 0.2) is 6.10 Å². The number of hydrogen-bond acceptors (Lipinski definition) is 10. The fourth-order valence-electron chi connectivity index (χ4n) is 2.62. The maximum absolute atomic E-state index is 12.5. The van der Waals surface area contributed by atoms with Gasteiger partial charge in [0.2, 0.25) is 11.8 Å². The van der Waals surface area contributed by atoms with Gasteiger partial charge in [-0.25, -0.2) is 4.57 Å². The maximum atomic E-state index is 12.5.